The summed E-state index contributed by atoms with van der Waals surface area (Å²) in [6.07, 6.45) is 1.61. The summed E-state index contributed by atoms with van der Waals surface area (Å²) in [5, 5.41) is 0. The predicted octanol–water partition coefficient (Wildman–Crippen LogP) is 2.47. The number of nitrogens with two attached hydrogens (primary N) is 1. The molecular formula is C17H28N4O2. The highest BCUT2D eigenvalue weighted by molar-refractivity contribution is 5.68. The lowest BCUT2D eigenvalue weighted by Gasteiger charge is -2.36. The van der Waals surface area contributed by atoms with Gasteiger partial charge in [0.2, 0.25) is 0 Å². The minimum atomic E-state index is -0.457. The van der Waals surface area contributed by atoms with Gasteiger partial charge in [-0.2, -0.15) is 0 Å². The first-order chi connectivity index (χ1) is 10.7. The Bertz CT molecular complexity index is 558. The van der Waals surface area contributed by atoms with Crippen LogP contribution in [0.4, 0.5) is 10.6 Å². The molecule has 1 saturated heterocycles. The van der Waals surface area contributed by atoms with Crippen molar-refractivity contribution < 1.29 is 9.53 Å². The maximum atomic E-state index is 12.1. The molecule has 1 amide bonds. The van der Waals surface area contributed by atoms with Gasteiger partial charge in [0.1, 0.15) is 11.4 Å². The second-order valence-corrected chi connectivity index (χ2v) is 7.14. The summed E-state index contributed by atoms with van der Waals surface area (Å²) >= 11 is 0. The number of nitrogens with zero attached hydrogens (tertiary/aromatic N) is 3. The van der Waals surface area contributed by atoms with Crippen LogP contribution in [-0.2, 0) is 4.74 Å². The third-order valence-electron chi connectivity index (χ3n) is 3.88. The van der Waals surface area contributed by atoms with Crippen molar-refractivity contribution in [3.8, 4) is 0 Å². The fraction of sp³-hybridized carbons (Fsp3) is 0.647. The predicted molar refractivity (Wildman–Crippen MR) is 91.6 cm³/mol. The molecule has 0 unspecified atom stereocenters. The van der Waals surface area contributed by atoms with E-state index in [4.69, 9.17) is 10.5 Å². The molecule has 0 bridgehead atoms. The van der Waals surface area contributed by atoms with E-state index in [1.807, 2.05) is 33.9 Å². The van der Waals surface area contributed by atoms with Gasteiger partial charge in [-0.1, -0.05) is 0 Å². The number of carbonyl (C=O) groups excluding carboxylic acids is 1. The molecule has 1 atom stereocenters. The van der Waals surface area contributed by atoms with Crippen molar-refractivity contribution in [2.24, 2.45) is 5.73 Å². The maximum absolute atomic E-state index is 12.1. The monoisotopic (exact) mass is 320 g/mol. The van der Waals surface area contributed by atoms with E-state index in [-0.39, 0.29) is 12.1 Å². The third-order valence-corrected chi connectivity index (χ3v) is 3.88. The average molecular weight is 320 g/mol. The summed E-state index contributed by atoms with van der Waals surface area (Å²) in [4.78, 5) is 20.6. The molecule has 2 N–H and O–H groups in total. The number of hydrogen-bond acceptors (Lipinski definition) is 5. The Morgan fingerprint density at radius 3 is 2.39 bits per heavy atom. The van der Waals surface area contributed by atoms with Gasteiger partial charge in [-0.15, -0.1) is 0 Å². The third kappa shape index (κ3) is 4.58. The molecule has 2 heterocycles. The van der Waals surface area contributed by atoms with Crippen molar-refractivity contribution in [2.45, 2.75) is 46.3 Å². The molecular weight excluding hydrogens is 292 g/mol. The van der Waals surface area contributed by atoms with Gasteiger partial charge in [-0.25, -0.2) is 9.78 Å². The zero-order valence-corrected chi connectivity index (χ0v) is 14.8. The number of amides is 1. The largest absolute Gasteiger partial charge is 0.444 e. The summed E-state index contributed by atoms with van der Waals surface area (Å²) in [5.74, 6) is 0.940. The van der Waals surface area contributed by atoms with Crippen LogP contribution in [0, 0.1) is 6.92 Å². The fourth-order valence-electron chi connectivity index (χ4n) is 2.65. The fourth-order valence-corrected chi connectivity index (χ4v) is 2.65. The Hall–Kier alpha value is -1.82. The van der Waals surface area contributed by atoms with E-state index in [0.29, 0.717) is 13.1 Å². The van der Waals surface area contributed by atoms with Gasteiger partial charge in [-0.3, -0.25) is 0 Å². The number of aryl methyl sites for hydroxylation is 1. The number of anilines is 1. The van der Waals surface area contributed by atoms with E-state index >= 15 is 0 Å². The molecule has 2 rings (SSSR count). The highest BCUT2D eigenvalue weighted by atomic mass is 16.6. The molecule has 0 aromatic carbocycles. The van der Waals surface area contributed by atoms with Crippen molar-refractivity contribution in [1.82, 2.24) is 9.88 Å². The lowest BCUT2D eigenvalue weighted by molar-refractivity contribution is 0.0240. The molecule has 6 nitrogen and oxygen atoms in total. The minimum Gasteiger partial charge on any atom is -0.444 e. The van der Waals surface area contributed by atoms with Gasteiger partial charge >= 0.3 is 6.09 Å². The summed E-state index contributed by atoms with van der Waals surface area (Å²) in [7, 11) is 0. The molecule has 0 saturated carbocycles. The molecule has 0 aliphatic carbocycles. The number of rotatable bonds is 2. The van der Waals surface area contributed by atoms with Crippen LogP contribution in [0.1, 0.15) is 44.9 Å². The minimum absolute atomic E-state index is 0.0134. The van der Waals surface area contributed by atoms with Crippen molar-refractivity contribution in [3.05, 3.63) is 23.4 Å². The smallest absolute Gasteiger partial charge is 0.410 e. The van der Waals surface area contributed by atoms with Crippen LogP contribution in [0.2, 0.25) is 0 Å². The Labute approximate surface area is 138 Å². The molecule has 1 aromatic heterocycles. The standard InChI is InChI=1S/C17H28N4O2/c1-12-10-15(19-11-14(12)13(2)18)20-6-8-21(9-7-20)16(22)23-17(3,4)5/h10-11,13H,6-9,18H2,1-5H3/t13-/m0/s1. The van der Waals surface area contributed by atoms with Crippen LogP contribution in [0.15, 0.2) is 12.3 Å². The van der Waals surface area contributed by atoms with Gasteiger partial charge in [0.15, 0.2) is 0 Å². The van der Waals surface area contributed by atoms with Gasteiger partial charge in [0.05, 0.1) is 0 Å². The van der Waals surface area contributed by atoms with Crippen LogP contribution in [0.3, 0.4) is 0 Å². The van der Waals surface area contributed by atoms with Crippen molar-refractivity contribution in [2.75, 3.05) is 31.1 Å². The zero-order chi connectivity index (χ0) is 17.2. The van der Waals surface area contributed by atoms with Crippen molar-refractivity contribution in [3.63, 3.8) is 0 Å². The Morgan fingerprint density at radius 1 is 1.30 bits per heavy atom. The number of piperazine rings is 1. The maximum Gasteiger partial charge on any atom is 0.410 e. The molecule has 1 aliphatic heterocycles. The molecule has 1 aliphatic rings. The van der Waals surface area contributed by atoms with Crippen LogP contribution in [0.5, 0.6) is 0 Å². The second kappa shape index (κ2) is 6.74. The lowest BCUT2D eigenvalue weighted by Crippen LogP contribution is -2.50. The Morgan fingerprint density at radius 2 is 1.91 bits per heavy atom. The van der Waals surface area contributed by atoms with Gasteiger partial charge in [0.25, 0.3) is 0 Å². The first-order valence-electron chi connectivity index (χ1n) is 8.12. The van der Waals surface area contributed by atoms with Crippen molar-refractivity contribution in [1.29, 1.82) is 0 Å². The zero-order valence-electron chi connectivity index (χ0n) is 14.8. The molecule has 128 valence electrons. The number of pyridine rings is 1. The van der Waals surface area contributed by atoms with Crippen LogP contribution < -0.4 is 10.6 Å². The molecule has 6 heteroatoms. The van der Waals surface area contributed by atoms with E-state index < -0.39 is 5.60 Å². The highest BCUT2D eigenvalue weighted by Crippen LogP contribution is 2.21. The van der Waals surface area contributed by atoms with E-state index in [1.54, 1.807) is 4.90 Å². The molecule has 1 aromatic rings. The number of carbonyl (C=O) groups is 1. The van der Waals surface area contributed by atoms with E-state index in [2.05, 4.69) is 22.9 Å². The summed E-state index contributed by atoms with van der Waals surface area (Å²) < 4.78 is 5.42. The first kappa shape index (κ1) is 17.5. The molecule has 23 heavy (non-hydrogen) atoms. The summed E-state index contributed by atoms with van der Waals surface area (Å²) in [6.45, 7) is 12.5. The molecule has 1 fully saturated rings. The van der Waals surface area contributed by atoms with Gasteiger partial charge in [-0.05, 0) is 51.8 Å². The summed E-state index contributed by atoms with van der Waals surface area (Å²) in [6, 6.07) is 2.06. The Balaban J connectivity index is 1.97. The summed E-state index contributed by atoms with van der Waals surface area (Å²) in [5.41, 5.74) is 7.70. The topological polar surface area (TPSA) is 71.7 Å². The lowest BCUT2D eigenvalue weighted by atomic mass is 10.1. The number of aromatic nitrogens is 1. The second-order valence-electron chi connectivity index (χ2n) is 7.14. The number of hydrogen-bond donors (Lipinski definition) is 1. The molecule has 0 spiro atoms. The van der Waals surface area contributed by atoms with Gasteiger partial charge in [0, 0.05) is 38.4 Å². The molecule has 0 radical (unpaired) electrons. The van der Waals surface area contributed by atoms with Crippen LogP contribution >= 0.6 is 0 Å². The normalized spacial score (nSPS) is 17.1. The van der Waals surface area contributed by atoms with E-state index in [1.165, 1.54) is 0 Å². The number of ether oxygens (including phenoxy) is 1. The van der Waals surface area contributed by atoms with E-state index in [9.17, 15) is 4.79 Å². The van der Waals surface area contributed by atoms with E-state index in [0.717, 1.165) is 30.0 Å². The highest BCUT2D eigenvalue weighted by Gasteiger charge is 2.26. The average Bonchev–Trinajstić information content (AvgIpc) is 2.45. The quantitative estimate of drug-likeness (QED) is 0.906. The van der Waals surface area contributed by atoms with Crippen molar-refractivity contribution >= 4 is 11.9 Å². The van der Waals surface area contributed by atoms with Crippen LogP contribution in [-0.4, -0.2) is 47.8 Å². The van der Waals surface area contributed by atoms with Crippen LogP contribution in [0.25, 0.3) is 0 Å². The SMILES string of the molecule is Cc1cc(N2CCN(C(=O)OC(C)(C)C)CC2)ncc1[C@H](C)N. The Kier molecular flexibility index (Phi) is 5.14. The van der Waals surface area contributed by atoms with Gasteiger partial charge < -0.3 is 20.3 Å². The first-order valence-corrected chi connectivity index (χ1v) is 8.12.